The number of aryl methyl sites for hydroxylation is 1. The largest absolute Gasteiger partial charge is 0.445 e. The van der Waals surface area contributed by atoms with Gasteiger partial charge in [0.05, 0.1) is 0 Å². The van der Waals surface area contributed by atoms with E-state index in [0.717, 1.165) is 18.4 Å². The van der Waals surface area contributed by atoms with Gasteiger partial charge in [0.25, 0.3) is 5.91 Å². The van der Waals surface area contributed by atoms with Gasteiger partial charge < -0.3 is 19.5 Å². The van der Waals surface area contributed by atoms with Gasteiger partial charge in [-0.25, -0.2) is 14.2 Å². The summed E-state index contributed by atoms with van der Waals surface area (Å²) in [5, 5.41) is 2.86. The van der Waals surface area contributed by atoms with Crippen LogP contribution < -0.4 is 5.32 Å². The van der Waals surface area contributed by atoms with Gasteiger partial charge in [-0.1, -0.05) is 12.1 Å². The monoisotopic (exact) mass is 388 g/mol. The summed E-state index contributed by atoms with van der Waals surface area (Å²) < 4.78 is 18.7. The van der Waals surface area contributed by atoms with Crippen molar-refractivity contribution in [2.24, 2.45) is 0 Å². The van der Waals surface area contributed by atoms with E-state index in [1.165, 1.54) is 17.0 Å². The minimum absolute atomic E-state index is 0.0866. The number of likely N-dealkylation sites (tertiary alicyclic amines) is 1. The van der Waals surface area contributed by atoms with Crippen LogP contribution in [0.15, 0.2) is 28.7 Å². The zero-order valence-electron chi connectivity index (χ0n) is 16.4. The molecule has 0 bridgehead atoms. The van der Waals surface area contributed by atoms with E-state index < -0.39 is 0 Å². The number of oxazole rings is 1. The van der Waals surface area contributed by atoms with Gasteiger partial charge in [-0.3, -0.25) is 4.79 Å². The molecule has 1 aliphatic heterocycles. The zero-order chi connectivity index (χ0) is 20.3. The van der Waals surface area contributed by atoms with Crippen LogP contribution in [0.25, 0.3) is 0 Å². The van der Waals surface area contributed by atoms with Gasteiger partial charge in [0.15, 0.2) is 11.6 Å². The Kier molecular flexibility index (Phi) is 5.96. The quantitative estimate of drug-likeness (QED) is 0.874. The minimum atomic E-state index is -0.297. The van der Waals surface area contributed by atoms with Gasteiger partial charge in [-0.15, -0.1) is 0 Å². The number of aromatic nitrogens is 1. The highest BCUT2D eigenvalue weighted by Crippen LogP contribution is 2.29. The molecule has 0 spiro atoms. The van der Waals surface area contributed by atoms with Crippen LogP contribution in [-0.4, -0.2) is 53.9 Å². The Labute approximate surface area is 163 Å². The van der Waals surface area contributed by atoms with Crippen LogP contribution in [0.3, 0.4) is 0 Å². The highest BCUT2D eigenvalue weighted by molar-refractivity contribution is 5.92. The zero-order valence-corrected chi connectivity index (χ0v) is 16.4. The lowest BCUT2D eigenvalue weighted by Crippen LogP contribution is -2.43. The third-order valence-corrected chi connectivity index (χ3v) is 4.91. The summed E-state index contributed by atoms with van der Waals surface area (Å²) in [6.07, 6.45) is 1.44. The first kappa shape index (κ1) is 19.9. The smallest absolute Gasteiger partial charge is 0.317 e. The van der Waals surface area contributed by atoms with E-state index in [2.05, 4.69) is 10.3 Å². The lowest BCUT2D eigenvalue weighted by molar-refractivity contribution is 0.0821. The molecule has 0 atom stereocenters. The normalized spacial score (nSPS) is 14.8. The number of rotatable bonds is 4. The SMILES string of the molecule is Cc1oc(C2CCN(C(=O)NCc3ccc(F)cc3)CC2)nc1C(=O)N(C)C. The minimum Gasteiger partial charge on any atom is -0.445 e. The van der Waals surface area contributed by atoms with Crippen LogP contribution in [0.5, 0.6) is 0 Å². The molecule has 1 aliphatic rings. The number of nitrogens with one attached hydrogen (secondary N) is 1. The molecule has 7 nitrogen and oxygen atoms in total. The van der Waals surface area contributed by atoms with E-state index >= 15 is 0 Å². The number of halogens is 1. The number of urea groups is 1. The van der Waals surface area contributed by atoms with Crippen LogP contribution in [0, 0.1) is 12.7 Å². The Morgan fingerprint density at radius 2 is 1.89 bits per heavy atom. The fourth-order valence-corrected chi connectivity index (χ4v) is 3.22. The van der Waals surface area contributed by atoms with E-state index in [4.69, 9.17) is 4.42 Å². The maximum absolute atomic E-state index is 12.9. The fraction of sp³-hybridized carbons (Fsp3) is 0.450. The molecule has 1 N–H and O–H groups in total. The van der Waals surface area contributed by atoms with Crippen molar-refractivity contribution < 1.29 is 18.4 Å². The van der Waals surface area contributed by atoms with E-state index in [0.29, 0.717) is 37.0 Å². The summed E-state index contributed by atoms with van der Waals surface area (Å²) in [4.78, 5) is 32.1. The first-order chi connectivity index (χ1) is 13.3. The summed E-state index contributed by atoms with van der Waals surface area (Å²) in [5.41, 5.74) is 1.19. The summed E-state index contributed by atoms with van der Waals surface area (Å²) in [6, 6.07) is 5.91. The number of carbonyl (C=O) groups excluding carboxylic acids is 2. The summed E-state index contributed by atoms with van der Waals surface area (Å²) in [6.45, 7) is 3.26. The Morgan fingerprint density at radius 1 is 1.25 bits per heavy atom. The Bertz CT molecular complexity index is 840. The summed E-state index contributed by atoms with van der Waals surface area (Å²) >= 11 is 0. The second kappa shape index (κ2) is 8.41. The average molecular weight is 388 g/mol. The number of hydrogen-bond acceptors (Lipinski definition) is 4. The topological polar surface area (TPSA) is 78.7 Å². The number of benzene rings is 1. The molecule has 3 rings (SSSR count). The van der Waals surface area contributed by atoms with Gasteiger partial charge in [0, 0.05) is 39.6 Å². The van der Waals surface area contributed by atoms with Gasteiger partial charge in [0.2, 0.25) is 0 Å². The molecular weight excluding hydrogens is 363 g/mol. The number of carbonyl (C=O) groups is 2. The molecule has 0 radical (unpaired) electrons. The Morgan fingerprint density at radius 3 is 2.50 bits per heavy atom. The predicted molar refractivity (Wildman–Crippen MR) is 101 cm³/mol. The van der Waals surface area contributed by atoms with E-state index in [1.54, 1.807) is 38.1 Å². The van der Waals surface area contributed by atoms with Crippen molar-refractivity contribution in [3.8, 4) is 0 Å². The average Bonchev–Trinajstić information content (AvgIpc) is 3.08. The van der Waals surface area contributed by atoms with Crippen LogP contribution in [0.2, 0.25) is 0 Å². The van der Waals surface area contributed by atoms with Gasteiger partial charge in [0.1, 0.15) is 11.6 Å². The molecule has 0 saturated carbocycles. The van der Waals surface area contributed by atoms with Crippen molar-refractivity contribution in [1.82, 2.24) is 20.1 Å². The van der Waals surface area contributed by atoms with E-state index in [9.17, 15) is 14.0 Å². The van der Waals surface area contributed by atoms with Crippen molar-refractivity contribution in [2.45, 2.75) is 32.2 Å². The van der Waals surface area contributed by atoms with Crippen molar-refractivity contribution in [3.63, 3.8) is 0 Å². The van der Waals surface area contributed by atoms with Crippen LogP contribution in [0.1, 0.15) is 46.5 Å². The van der Waals surface area contributed by atoms with Gasteiger partial charge >= 0.3 is 6.03 Å². The second-order valence-electron chi connectivity index (χ2n) is 7.20. The van der Waals surface area contributed by atoms with Crippen LogP contribution >= 0.6 is 0 Å². The Hall–Kier alpha value is -2.90. The van der Waals surface area contributed by atoms with E-state index in [1.807, 2.05) is 0 Å². The molecule has 8 heteroatoms. The van der Waals surface area contributed by atoms with Gasteiger partial charge in [-0.2, -0.15) is 0 Å². The third kappa shape index (κ3) is 4.49. The standard InChI is InChI=1S/C20H25FN4O3/c1-13-17(19(26)24(2)3)23-18(28-13)15-8-10-25(11-9-15)20(27)22-12-14-4-6-16(21)7-5-14/h4-7,15H,8-12H2,1-3H3,(H,22,27). The molecule has 3 amide bonds. The lowest BCUT2D eigenvalue weighted by atomic mass is 9.97. The molecule has 150 valence electrons. The second-order valence-corrected chi connectivity index (χ2v) is 7.20. The molecule has 1 saturated heterocycles. The predicted octanol–water partition coefficient (Wildman–Crippen LogP) is 2.91. The number of amides is 3. The maximum Gasteiger partial charge on any atom is 0.317 e. The lowest BCUT2D eigenvalue weighted by Gasteiger charge is -2.30. The fourth-order valence-electron chi connectivity index (χ4n) is 3.22. The first-order valence-corrected chi connectivity index (χ1v) is 9.31. The number of nitrogens with zero attached hydrogens (tertiary/aromatic N) is 3. The van der Waals surface area contributed by atoms with E-state index in [-0.39, 0.29) is 23.7 Å². The van der Waals surface area contributed by atoms with Crippen molar-refractivity contribution in [2.75, 3.05) is 27.2 Å². The van der Waals surface area contributed by atoms with Crippen molar-refractivity contribution in [1.29, 1.82) is 0 Å². The van der Waals surface area contributed by atoms with Gasteiger partial charge in [-0.05, 0) is 37.5 Å². The molecule has 1 aromatic carbocycles. The van der Waals surface area contributed by atoms with Crippen molar-refractivity contribution in [3.05, 3.63) is 53.0 Å². The first-order valence-electron chi connectivity index (χ1n) is 9.31. The molecule has 1 fully saturated rings. The summed E-state index contributed by atoms with van der Waals surface area (Å²) in [7, 11) is 3.36. The molecule has 2 aromatic rings. The van der Waals surface area contributed by atoms with Crippen LogP contribution in [0.4, 0.5) is 9.18 Å². The molecule has 1 aromatic heterocycles. The number of hydrogen-bond donors (Lipinski definition) is 1. The maximum atomic E-state index is 12.9. The molecular formula is C20H25FN4O3. The summed E-state index contributed by atoms with van der Waals surface area (Å²) in [5.74, 6) is 0.699. The van der Waals surface area contributed by atoms with Crippen LogP contribution in [-0.2, 0) is 6.54 Å². The number of piperidine rings is 1. The highest BCUT2D eigenvalue weighted by atomic mass is 19.1. The highest BCUT2D eigenvalue weighted by Gasteiger charge is 2.29. The van der Waals surface area contributed by atoms with Crippen molar-refractivity contribution >= 4 is 11.9 Å². The molecule has 2 heterocycles. The molecule has 28 heavy (non-hydrogen) atoms. The third-order valence-electron chi connectivity index (χ3n) is 4.91. The molecule has 0 unspecified atom stereocenters. The molecule has 0 aliphatic carbocycles. The Balaban J connectivity index is 1.52.